The van der Waals surface area contributed by atoms with Crippen LogP contribution in [-0.2, 0) is 14.2 Å². The molecule has 3 nitrogen and oxygen atoms in total. The van der Waals surface area contributed by atoms with Gasteiger partial charge >= 0.3 is 0 Å². The maximum absolute atomic E-state index is 5.82. The molecule has 0 radical (unpaired) electrons. The molecule has 2 aliphatic rings. The number of allylic oxidation sites excluding steroid dienone is 2. The molecule has 15 heavy (non-hydrogen) atoms. The van der Waals surface area contributed by atoms with Crippen LogP contribution in [0.5, 0.6) is 0 Å². The summed E-state index contributed by atoms with van der Waals surface area (Å²) in [7, 11) is 1.70. The van der Waals surface area contributed by atoms with E-state index in [1.54, 1.807) is 7.11 Å². The zero-order valence-corrected chi connectivity index (χ0v) is 9.36. The highest BCUT2D eigenvalue weighted by molar-refractivity contribution is 5.37. The fraction of sp³-hybridized carbons (Fsp3) is 0.667. The SMILES string of the molecule is COC[C@@H]1CCOC(C2=CCC=C2C)O1. The van der Waals surface area contributed by atoms with Gasteiger partial charge in [-0.05, 0) is 25.3 Å². The largest absolute Gasteiger partial charge is 0.382 e. The Labute approximate surface area is 90.7 Å². The van der Waals surface area contributed by atoms with E-state index in [0.717, 1.165) is 19.4 Å². The van der Waals surface area contributed by atoms with Gasteiger partial charge in [-0.3, -0.25) is 0 Å². The summed E-state index contributed by atoms with van der Waals surface area (Å²) in [5, 5.41) is 0. The van der Waals surface area contributed by atoms with E-state index in [-0.39, 0.29) is 12.4 Å². The van der Waals surface area contributed by atoms with Crippen LogP contribution in [0.4, 0.5) is 0 Å². The first-order chi connectivity index (χ1) is 7.31. The fourth-order valence-electron chi connectivity index (χ4n) is 1.98. The molecule has 1 aliphatic heterocycles. The van der Waals surface area contributed by atoms with Crippen molar-refractivity contribution in [2.45, 2.75) is 32.2 Å². The number of methoxy groups -OCH3 is 1. The van der Waals surface area contributed by atoms with E-state index in [9.17, 15) is 0 Å². The standard InChI is InChI=1S/C12H18O3/c1-9-4-3-5-11(9)12-14-7-6-10(15-12)8-13-2/h4-5,10,12H,3,6-8H2,1-2H3/t10-,12?/m0/s1. The normalized spacial score (nSPS) is 31.3. The second kappa shape index (κ2) is 4.92. The third-order valence-corrected chi connectivity index (χ3v) is 2.85. The fourth-order valence-corrected chi connectivity index (χ4v) is 1.98. The van der Waals surface area contributed by atoms with Crippen LogP contribution in [0.3, 0.4) is 0 Å². The molecule has 0 aromatic heterocycles. The molecule has 1 fully saturated rings. The molecule has 0 N–H and O–H groups in total. The van der Waals surface area contributed by atoms with Crippen molar-refractivity contribution in [2.24, 2.45) is 0 Å². The van der Waals surface area contributed by atoms with Gasteiger partial charge in [-0.15, -0.1) is 0 Å². The molecule has 1 unspecified atom stereocenters. The molecule has 84 valence electrons. The summed E-state index contributed by atoms with van der Waals surface area (Å²) in [5.74, 6) is 0. The van der Waals surface area contributed by atoms with Crippen molar-refractivity contribution in [2.75, 3.05) is 20.3 Å². The zero-order valence-electron chi connectivity index (χ0n) is 9.36. The number of hydrogen-bond donors (Lipinski definition) is 0. The topological polar surface area (TPSA) is 27.7 Å². The van der Waals surface area contributed by atoms with Crippen LogP contribution >= 0.6 is 0 Å². The van der Waals surface area contributed by atoms with Crippen molar-refractivity contribution in [3.8, 4) is 0 Å². The van der Waals surface area contributed by atoms with Gasteiger partial charge in [-0.25, -0.2) is 0 Å². The molecule has 0 saturated carbocycles. The predicted octanol–water partition coefficient (Wildman–Crippen LogP) is 2.04. The van der Waals surface area contributed by atoms with Crippen molar-refractivity contribution in [3.05, 3.63) is 23.3 Å². The van der Waals surface area contributed by atoms with Crippen LogP contribution in [-0.4, -0.2) is 32.7 Å². The van der Waals surface area contributed by atoms with E-state index in [1.807, 2.05) is 0 Å². The lowest BCUT2D eigenvalue weighted by Crippen LogP contribution is -2.36. The van der Waals surface area contributed by atoms with Gasteiger partial charge in [0.05, 0.1) is 19.3 Å². The number of rotatable bonds is 3. The summed E-state index contributed by atoms with van der Waals surface area (Å²) in [4.78, 5) is 0. The van der Waals surface area contributed by atoms with E-state index in [0.29, 0.717) is 6.61 Å². The van der Waals surface area contributed by atoms with Crippen LogP contribution in [0, 0.1) is 0 Å². The number of ether oxygens (including phenoxy) is 3. The average molecular weight is 210 g/mol. The van der Waals surface area contributed by atoms with Gasteiger partial charge < -0.3 is 14.2 Å². The molecule has 1 saturated heterocycles. The van der Waals surface area contributed by atoms with E-state index < -0.39 is 0 Å². The lowest BCUT2D eigenvalue weighted by atomic mass is 10.1. The lowest BCUT2D eigenvalue weighted by molar-refractivity contribution is -0.201. The van der Waals surface area contributed by atoms with Gasteiger partial charge in [0.15, 0.2) is 6.29 Å². The molecular formula is C12H18O3. The molecule has 2 rings (SSSR count). The smallest absolute Gasteiger partial charge is 0.184 e. The minimum atomic E-state index is -0.183. The molecule has 1 aliphatic carbocycles. The molecule has 3 heteroatoms. The molecule has 2 atom stereocenters. The molecule has 0 amide bonds. The molecule has 0 bridgehead atoms. The summed E-state index contributed by atoms with van der Waals surface area (Å²) >= 11 is 0. The third-order valence-electron chi connectivity index (χ3n) is 2.85. The minimum absolute atomic E-state index is 0.169. The first-order valence-electron chi connectivity index (χ1n) is 5.44. The average Bonchev–Trinajstić information content (AvgIpc) is 2.65. The van der Waals surface area contributed by atoms with E-state index in [2.05, 4.69) is 19.1 Å². The summed E-state index contributed by atoms with van der Waals surface area (Å²) < 4.78 is 16.6. The maximum atomic E-state index is 5.82. The van der Waals surface area contributed by atoms with Gasteiger partial charge in [-0.2, -0.15) is 0 Å². The Bertz CT molecular complexity index is 279. The van der Waals surface area contributed by atoms with Crippen LogP contribution in [0.2, 0.25) is 0 Å². The van der Waals surface area contributed by atoms with Gasteiger partial charge in [0, 0.05) is 12.7 Å². The van der Waals surface area contributed by atoms with Crippen molar-refractivity contribution in [1.82, 2.24) is 0 Å². The molecule has 1 heterocycles. The Balaban J connectivity index is 1.95. The molecule has 0 spiro atoms. The maximum Gasteiger partial charge on any atom is 0.184 e. The van der Waals surface area contributed by atoms with Crippen molar-refractivity contribution in [1.29, 1.82) is 0 Å². The van der Waals surface area contributed by atoms with Crippen LogP contribution in [0.1, 0.15) is 19.8 Å². The van der Waals surface area contributed by atoms with Gasteiger partial charge in [0.25, 0.3) is 0 Å². The predicted molar refractivity (Wildman–Crippen MR) is 57.6 cm³/mol. The highest BCUT2D eigenvalue weighted by atomic mass is 16.7. The van der Waals surface area contributed by atoms with Crippen LogP contribution in [0.15, 0.2) is 23.3 Å². The van der Waals surface area contributed by atoms with E-state index >= 15 is 0 Å². The Morgan fingerprint density at radius 3 is 3.00 bits per heavy atom. The molecular weight excluding hydrogens is 192 g/mol. The Kier molecular flexibility index (Phi) is 3.57. The van der Waals surface area contributed by atoms with Gasteiger partial charge in [-0.1, -0.05) is 12.2 Å². The molecule has 0 aromatic rings. The van der Waals surface area contributed by atoms with Crippen molar-refractivity contribution < 1.29 is 14.2 Å². The monoisotopic (exact) mass is 210 g/mol. The van der Waals surface area contributed by atoms with Gasteiger partial charge in [0.2, 0.25) is 0 Å². The second-order valence-corrected chi connectivity index (χ2v) is 3.99. The highest BCUT2D eigenvalue weighted by Crippen LogP contribution is 2.28. The summed E-state index contributed by atoms with van der Waals surface area (Å²) in [6.45, 7) is 3.50. The zero-order chi connectivity index (χ0) is 10.7. The molecule has 0 aromatic carbocycles. The summed E-state index contributed by atoms with van der Waals surface area (Å²) in [5.41, 5.74) is 2.47. The van der Waals surface area contributed by atoms with Crippen LogP contribution in [0.25, 0.3) is 0 Å². The highest BCUT2D eigenvalue weighted by Gasteiger charge is 2.27. The van der Waals surface area contributed by atoms with Crippen LogP contribution < -0.4 is 0 Å². The number of hydrogen-bond acceptors (Lipinski definition) is 3. The minimum Gasteiger partial charge on any atom is -0.382 e. The Hall–Kier alpha value is -0.640. The third kappa shape index (κ3) is 2.48. The van der Waals surface area contributed by atoms with E-state index in [1.165, 1.54) is 11.1 Å². The summed E-state index contributed by atoms with van der Waals surface area (Å²) in [6, 6.07) is 0. The first-order valence-corrected chi connectivity index (χ1v) is 5.44. The second-order valence-electron chi connectivity index (χ2n) is 3.99. The summed E-state index contributed by atoms with van der Waals surface area (Å²) in [6.07, 6.45) is 6.28. The Morgan fingerprint density at radius 1 is 1.47 bits per heavy atom. The quantitative estimate of drug-likeness (QED) is 0.713. The van der Waals surface area contributed by atoms with E-state index in [4.69, 9.17) is 14.2 Å². The Morgan fingerprint density at radius 2 is 2.33 bits per heavy atom. The van der Waals surface area contributed by atoms with Gasteiger partial charge in [0.1, 0.15) is 0 Å². The first kappa shape index (κ1) is 10.9. The van der Waals surface area contributed by atoms with Crippen molar-refractivity contribution >= 4 is 0 Å². The lowest BCUT2D eigenvalue weighted by Gasteiger charge is -2.31. The van der Waals surface area contributed by atoms with Crippen molar-refractivity contribution in [3.63, 3.8) is 0 Å².